The lowest BCUT2D eigenvalue weighted by Gasteiger charge is -2.10. The molecule has 1 nitrogen and oxygen atoms in total. The summed E-state index contributed by atoms with van der Waals surface area (Å²) in [5, 5.41) is 0. The van der Waals surface area contributed by atoms with Gasteiger partial charge in [0.15, 0.2) is 0 Å². The Morgan fingerprint density at radius 2 is 2.00 bits per heavy atom. The van der Waals surface area contributed by atoms with Gasteiger partial charge < -0.3 is 5.73 Å². The van der Waals surface area contributed by atoms with Gasteiger partial charge in [0.05, 0.1) is 0 Å². The third kappa shape index (κ3) is 2.51. The largest absolute Gasteiger partial charge is 0.324 e. The van der Waals surface area contributed by atoms with E-state index < -0.39 is 0 Å². The first-order valence-corrected chi connectivity index (χ1v) is 4.15. The number of rotatable bonds is 3. The van der Waals surface area contributed by atoms with Gasteiger partial charge >= 0.3 is 0 Å². The van der Waals surface area contributed by atoms with Crippen LogP contribution in [0.4, 0.5) is 0 Å². The quantitative estimate of drug-likeness (QED) is 0.675. The molecule has 1 atom stereocenters. The summed E-state index contributed by atoms with van der Waals surface area (Å²) in [5.74, 6) is 0. The fourth-order valence-electron chi connectivity index (χ4n) is 1.04. The smallest absolute Gasteiger partial charge is 0.0289 e. The molecule has 0 saturated heterocycles. The predicted octanol–water partition coefficient (Wildman–Crippen LogP) is 2.13. The molecule has 0 aromatic heterocycles. The van der Waals surface area contributed by atoms with E-state index in [0.29, 0.717) is 0 Å². The van der Waals surface area contributed by atoms with E-state index in [1.54, 1.807) is 0 Å². The number of benzene rings is 1. The molecule has 2 N–H and O–H groups in total. The molecule has 1 aromatic carbocycles. The van der Waals surface area contributed by atoms with Crippen LogP contribution in [0, 0.1) is 0 Å². The topological polar surface area (TPSA) is 26.0 Å². The first-order chi connectivity index (χ1) is 5.70. The molecule has 0 aliphatic carbocycles. The highest BCUT2D eigenvalue weighted by molar-refractivity contribution is 5.18. The van der Waals surface area contributed by atoms with Crippen LogP contribution in [0.25, 0.3) is 0 Å². The molecule has 1 heteroatoms. The summed E-state index contributed by atoms with van der Waals surface area (Å²) >= 11 is 0. The van der Waals surface area contributed by atoms with Gasteiger partial charge in [-0.25, -0.2) is 0 Å². The highest BCUT2D eigenvalue weighted by Crippen LogP contribution is 2.05. The summed E-state index contributed by atoms with van der Waals surface area (Å²) in [6, 6.07) is 10.3. The minimum absolute atomic E-state index is 0.0902. The van der Waals surface area contributed by atoms with Crippen LogP contribution >= 0.6 is 0 Å². The highest BCUT2D eigenvalue weighted by Gasteiger charge is 2.02. The standard InChI is InChI=1S/C11H15N/c1-9(2)11(12)8-10-6-4-3-5-7-10/h3-7,11H,1,8,12H2,2H3. The van der Waals surface area contributed by atoms with Crippen molar-refractivity contribution in [2.45, 2.75) is 19.4 Å². The first kappa shape index (κ1) is 9.01. The molecular formula is C11H15N. The van der Waals surface area contributed by atoms with Crippen LogP contribution in [-0.4, -0.2) is 6.04 Å². The molecule has 0 amide bonds. The second kappa shape index (κ2) is 4.07. The molecule has 0 aliphatic rings. The number of hydrogen-bond acceptors (Lipinski definition) is 1. The molecule has 0 heterocycles. The molecule has 0 saturated carbocycles. The zero-order valence-corrected chi connectivity index (χ0v) is 7.46. The maximum absolute atomic E-state index is 5.85. The van der Waals surface area contributed by atoms with Crippen LogP contribution in [0.1, 0.15) is 12.5 Å². The van der Waals surface area contributed by atoms with E-state index in [0.717, 1.165) is 12.0 Å². The Kier molecular flexibility index (Phi) is 3.06. The van der Waals surface area contributed by atoms with Crippen molar-refractivity contribution in [2.75, 3.05) is 0 Å². The Morgan fingerprint density at radius 3 is 2.50 bits per heavy atom. The van der Waals surface area contributed by atoms with Crippen LogP contribution in [0.2, 0.25) is 0 Å². The van der Waals surface area contributed by atoms with Gasteiger partial charge in [0.25, 0.3) is 0 Å². The van der Waals surface area contributed by atoms with E-state index in [1.807, 2.05) is 25.1 Å². The summed E-state index contributed by atoms with van der Waals surface area (Å²) < 4.78 is 0. The zero-order chi connectivity index (χ0) is 8.97. The lowest BCUT2D eigenvalue weighted by atomic mass is 10.0. The maximum Gasteiger partial charge on any atom is 0.0289 e. The van der Waals surface area contributed by atoms with Crippen molar-refractivity contribution < 1.29 is 0 Å². The van der Waals surface area contributed by atoms with Gasteiger partial charge in [-0.2, -0.15) is 0 Å². The van der Waals surface area contributed by atoms with Gasteiger partial charge in [-0.15, -0.1) is 0 Å². The van der Waals surface area contributed by atoms with Gasteiger partial charge in [-0.05, 0) is 18.9 Å². The van der Waals surface area contributed by atoms with Crippen molar-refractivity contribution in [1.29, 1.82) is 0 Å². The molecular weight excluding hydrogens is 146 g/mol. The van der Waals surface area contributed by atoms with Crippen LogP contribution < -0.4 is 5.73 Å². The minimum Gasteiger partial charge on any atom is -0.324 e. The minimum atomic E-state index is 0.0902. The summed E-state index contributed by atoms with van der Waals surface area (Å²) in [4.78, 5) is 0. The van der Waals surface area contributed by atoms with Crippen molar-refractivity contribution in [2.24, 2.45) is 5.73 Å². The van der Waals surface area contributed by atoms with Gasteiger partial charge in [0.1, 0.15) is 0 Å². The molecule has 1 unspecified atom stereocenters. The fourth-order valence-corrected chi connectivity index (χ4v) is 1.04. The Bertz CT molecular complexity index is 251. The van der Waals surface area contributed by atoms with Gasteiger partial charge in [0, 0.05) is 6.04 Å². The fraction of sp³-hybridized carbons (Fsp3) is 0.273. The molecule has 0 bridgehead atoms. The van der Waals surface area contributed by atoms with Crippen molar-refractivity contribution >= 4 is 0 Å². The van der Waals surface area contributed by atoms with Crippen molar-refractivity contribution in [3.8, 4) is 0 Å². The Balaban J connectivity index is 2.58. The molecule has 0 radical (unpaired) electrons. The van der Waals surface area contributed by atoms with E-state index in [9.17, 15) is 0 Å². The van der Waals surface area contributed by atoms with Crippen LogP contribution in [0.5, 0.6) is 0 Å². The van der Waals surface area contributed by atoms with E-state index in [4.69, 9.17) is 5.73 Å². The summed E-state index contributed by atoms with van der Waals surface area (Å²) in [7, 11) is 0. The van der Waals surface area contributed by atoms with Gasteiger partial charge in [0.2, 0.25) is 0 Å². The summed E-state index contributed by atoms with van der Waals surface area (Å²) in [6.45, 7) is 5.79. The molecule has 0 spiro atoms. The maximum atomic E-state index is 5.85. The molecule has 12 heavy (non-hydrogen) atoms. The normalized spacial score (nSPS) is 12.5. The average Bonchev–Trinajstić information content (AvgIpc) is 2.06. The van der Waals surface area contributed by atoms with Gasteiger partial charge in [-0.1, -0.05) is 42.5 Å². The molecule has 64 valence electrons. The lowest BCUT2D eigenvalue weighted by Crippen LogP contribution is -2.23. The zero-order valence-electron chi connectivity index (χ0n) is 7.46. The molecule has 1 aromatic rings. The van der Waals surface area contributed by atoms with Crippen LogP contribution in [-0.2, 0) is 6.42 Å². The number of hydrogen-bond donors (Lipinski definition) is 1. The highest BCUT2D eigenvalue weighted by atomic mass is 14.6. The third-order valence-electron chi connectivity index (χ3n) is 1.93. The van der Waals surface area contributed by atoms with Crippen LogP contribution in [0.3, 0.4) is 0 Å². The van der Waals surface area contributed by atoms with Crippen molar-refractivity contribution in [1.82, 2.24) is 0 Å². The Morgan fingerprint density at radius 1 is 1.42 bits per heavy atom. The summed E-state index contributed by atoms with van der Waals surface area (Å²) in [5.41, 5.74) is 8.16. The van der Waals surface area contributed by atoms with E-state index in [1.165, 1.54) is 5.56 Å². The number of nitrogens with two attached hydrogens (primary N) is 1. The predicted molar refractivity (Wildman–Crippen MR) is 52.9 cm³/mol. The Hall–Kier alpha value is -1.08. The molecule has 0 fully saturated rings. The van der Waals surface area contributed by atoms with Gasteiger partial charge in [-0.3, -0.25) is 0 Å². The third-order valence-corrected chi connectivity index (χ3v) is 1.93. The second-order valence-corrected chi connectivity index (χ2v) is 3.14. The van der Waals surface area contributed by atoms with E-state index >= 15 is 0 Å². The van der Waals surface area contributed by atoms with Crippen molar-refractivity contribution in [3.63, 3.8) is 0 Å². The van der Waals surface area contributed by atoms with E-state index in [-0.39, 0.29) is 6.04 Å². The lowest BCUT2D eigenvalue weighted by molar-refractivity contribution is 0.767. The second-order valence-electron chi connectivity index (χ2n) is 3.14. The monoisotopic (exact) mass is 161 g/mol. The summed E-state index contributed by atoms with van der Waals surface area (Å²) in [6.07, 6.45) is 0.885. The van der Waals surface area contributed by atoms with E-state index in [2.05, 4.69) is 18.7 Å². The van der Waals surface area contributed by atoms with Crippen LogP contribution in [0.15, 0.2) is 42.5 Å². The van der Waals surface area contributed by atoms with Crippen molar-refractivity contribution in [3.05, 3.63) is 48.0 Å². The SMILES string of the molecule is C=C(C)C(N)Cc1ccccc1. The molecule has 1 rings (SSSR count). The molecule has 0 aliphatic heterocycles. The Labute approximate surface area is 73.9 Å². The average molecular weight is 161 g/mol. The first-order valence-electron chi connectivity index (χ1n) is 4.15.